The largest absolute Gasteiger partial charge is 0.492 e. The van der Waals surface area contributed by atoms with Crippen LogP contribution in [-0.2, 0) is 6.42 Å². The van der Waals surface area contributed by atoms with Crippen LogP contribution >= 0.6 is 11.6 Å². The van der Waals surface area contributed by atoms with E-state index in [4.69, 9.17) is 22.1 Å². The lowest BCUT2D eigenvalue weighted by Crippen LogP contribution is -2.15. The second-order valence-corrected chi connectivity index (χ2v) is 5.29. The summed E-state index contributed by atoms with van der Waals surface area (Å²) < 4.78 is 18.4. The number of hydrogen-bond acceptors (Lipinski definition) is 2. The van der Waals surface area contributed by atoms with Crippen molar-refractivity contribution < 1.29 is 9.13 Å². The van der Waals surface area contributed by atoms with Crippen LogP contribution in [0.1, 0.15) is 24.0 Å². The highest BCUT2D eigenvalue weighted by Crippen LogP contribution is 2.28. The Labute approximate surface area is 129 Å². The molecule has 2 rings (SSSR count). The van der Waals surface area contributed by atoms with E-state index in [1.54, 1.807) is 12.1 Å². The van der Waals surface area contributed by atoms with Gasteiger partial charge in [-0.25, -0.2) is 4.39 Å². The van der Waals surface area contributed by atoms with Gasteiger partial charge >= 0.3 is 0 Å². The van der Waals surface area contributed by atoms with Crippen molar-refractivity contribution in [1.29, 1.82) is 0 Å². The first-order chi connectivity index (χ1) is 10.1. The van der Waals surface area contributed by atoms with E-state index in [9.17, 15) is 4.39 Å². The van der Waals surface area contributed by atoms with Crippen molar-refractivity contribution in [3.05, 3.63) is 64.4 Å². The fourth-order valence-corrected chi connectivity index (χ4v) is 2.56. The minimum absolute atomic E-state index is 0.139. The number of halogens is 2. The first-order valence-corrected chi connectivity index (χ1v) is 7.38. The van der Waals surface area contributed by atoms with Gasteiger partial charge in [0, 0.05) is 5.92 Å². The van der Waals surface area contributed by atoms with E-state index >= 15 is 0 Å². The van der Waals surface area contributed by atoms with Crippen LogP contribution in [0.5, 0.6) is 5.75 Å². The van der Waals surface area contributed by atoms with Crippen LogP contribution in [0.3, 0.4) is 0 Å². The van der Waals surface area contributed by atoms with Gasteiger partial charge in [-0.05, 0) is 55.3 Å². The van der Waals surface area contributed by atoms with Gasteiger partial charge in [0.1, 0.15) is 11.6 Å². The average Bonchev–Trinajstić information content (AvgIpc) is 2.48. The lowest BCUT2D eigenvalue weighted by atomic mass is 9.92. The number of ether oxygens (including phenoxy) is 1. The first kappa shape index (κ1) is 15.8. The molecule has 0 aromatic heterocycles. The van der Waals surface area contributed by atoms with Gasteiger partial charge in [-0.3, -0.25) is 0 Å². The molecule has 0 heterocycles. The summed E-state index contributed by atoms with van der Waals surface area (Å²) >= 11 is 6.20. The van der Waals surface area contributed by atoms with Crippen molar-refractivity contribution in [3.8, 4) is 5.75 Å². The van der Waals surface area contributed by atoms with Crippen molar-refractivity contribution in [2.75, 3.05) is 13.2 Å². The summed E-state index contributed by atoms with van der Waals surface area (Å²) in [6.45, 7) is 3.00. The van der Waals surface area contributed by atoms with Crippen LogP contribution in [0, 0.1) is 5.82 Å². The predicted octanol–water partition coefficient (Wildman–Crippen LogP) is 4.16. The Hall–Kier alpha value is -1.58. The van der Waals surface area contributed by atoms with Gasteiger partial charge in [0.05, 0.1) is 11.6 Å². The molecular formula is C17H19ClFNO. The van der Waals surface area contributed by atoms with Gasteiger partial charge in [-0.2, -0.15) is 0 Å². The topological polar surface area (TPSA) is 35.2 Å². The Morgan fingerprint density at radius 3 is 2.48 bits per heavy atom. The molecule has 0 spiro atoms. The smallest absolute Gasteiger partial charge is 0.137 e. The number of hydrogen-bond donors (Lipinski definition) is 1. The van der Waals surface area contributed by atoms with Gasteiger partial charge in [-0.15, -0.1) is 0 Å². The second-order valence-electron chi connectivity index (χ2n) is 4.89. The average molecular weight is 308 g/mol. The molecule has 0 saturated carbocycles. The van der Waals surface area contributed by atoms with Crippen molar-refractivity contribution in [3.63, 3.8) is 0 Å². The van der Waals surface area contributed by atoms with E-state index in [0.29, 0.717) is 23.9 Å². The van der Waals surface area contributed by atoms with Crippen molar-refractivity contribution >= 4 is 11.6 Å². The third kappa shape index (κ3) is 4.19. The molecule has 2 aromatic carbocycles. The molecule has 4 heteroatoms. The highest BCUT2D eigenvalue weighted by Gasteiger charge is 2.12. The van der Waals surface area contributed by atoms with Crippen molar-refractivity contribution in [2.24, 2.45) is 5.73 Å². The lowest BCUT2D eigenvalue weighted by Gasteiger charge is -2.16. The zero-order chi connectivity index (χ0) is 15.2. The highest BCUT2D eigenvalue weighted by molar-refractivity contribution is 6.32. The number of nitrogens with two attached hydrogens (primary N) is 1. The van der Waals surface area contributed by atoms with Gasteiger partial charge in [0.15, 0.2) is 0 Å². The molecule has 0 radical (unpaired) electrons. The third-order valence-electron chi connectivity index (χ3n) is 3.40. The summed E-state index contributed by atoms with van der Waals surface area (Å²) in [5.41, 5.74) is 7.97. The Balaban J connectivity index is 2.15. The maximum Gasteiger partial charge on any atom is 0.137 e. The fourth-order valence-electron chi connectivity index (χ4n) is 2.30. The zero-order valence-corrected chi connectivity index (χ0v) is 12.7. The fraction of sp³-hybridized carbons (Fsp3) is 0.294. The lowest BCUT2D eigenvalue weighted by molar-refractivity contribution is 0.340. The van der Waals surface area contributed by atoms with E-state index in [1.807, 2.05) is 25.1 Å². The molecule has 112 valence electrons. The van der Waals surface area contributed by atoms with E-state index in [0.717, 1.165) is 17.5 Å². The highest BCUT2D eigenvalue weighted by atomic mass is 35.5. The van der Waals surface area contributed by atoms with Crippen LogP contribution < -0.4 is 10.5 Å². The van der Waals surface area contributed by atoms with Crippen LogP contribution in [0.4, 0.5) is 4.39 Å². The molecule has 0 aliphatic carbocycles. The van der Waals surface area contributed by atoms with E-state index in [1.165, 1.54) is 12.1 Å². The van der Waals surface area contributed by atoms with Gasteiger partial charge in [0.25, 0.3) is 0 Å². The van der Waals surface area contributed by atoms with Gasteiger partial charge < -0.3 is 10.5 Å². The SMILES string of the molecule is CCOc1ccc(CC(CN)c2ccc(F)cc2)cc1Cl. The second kappa shape index (κ2) is 7.43. The Bertz CT molecular complexity index is 586. The van der Waals surface area contributed by atoms with E-state index < -0.39 is 0 Å². The molecule has 2 N–H and O–H groups in total. The molecule has 0 amide bonds. The van der Waals surface area contributed by atoms with Gasteiger partial charge in [-0.1, -0.05) is 29.8 Å². The molecule has 0 aliphatic rings. The normalized spacial score (nSPS) is 12.2. The molecule has 2 nitrogen and oxygen atoms in total. The van der Waals surface area contributed by atoms with E-state index in [-0.39, 0.29) is 11.7 Å². The molecule has 1 atom stereocenters. The van der Waals surface area contributed by atoms with Crippen LogP contribution in [-0.4, -0.2) is 13.2 Å². The van der Waals surface area contributed by atoms with Crippen molar-refractivity contribution in [1.82, 2.24) is 0 Å². The predicted molar refractivity (Wildman–Crippen MR) is 84.5 cm³/mol. The summed E-state index contributed by atoms with van der Waals surface area (Å²) in [6, 6.07) is 12.2. The summed E-state index contributed by atoms with van der Waals surface area (Å²) in [5.74, 6) is 0.590. The molecule has 0 saturated heterocycles. The monoisotopic (exact) mass is 307 g/mol. The summed E-state index contributed by atoms with van der Waals surface area (Å²) in [6.07, 6.45) is 0.758. The quantitative estimate of drug-likeness (QED) is 0.869. The molecule has 0 bridgehead atoms. The summed E-state index contributed by atoms with van der Waals surface area (Å²) in [7, 11) is 0. The van der Waals surface area contributed by atoms with E-state index in [2.05, 4.69) is 0 Å². The standard InChI is InChI=1S/C17H19ClFNO/c1-2-21-17-8-3-12(10-16(17)18)9-14(11-20)13-4-6-15(19)7-5-13/h3-8,10,14H,2,9,11,20H2,1H3. The maximum absolute atomic E-state index is 13.0. The molecule has 1 unspecified atom stereocenters. The summed E-state index contributed by atoms with van der Waals surface area (Å²) in [5, 5.41) is 0.601. The third-order valence-corrected chi connectivity index (χ3v) is 3.70. The Morgan fingerprint density at radius 2 is 1.90 bits per heavy atom. The Morgan fingerprint density at radius 1 is 1.19 bits per heavy atom. The number of rotatable bonds is 6. The zero-order valence-electron chi connectivity index (χ0n) is 12.0. The number of benzene rings is 2. The Kier molecular flexibility index (Phi) is 5.59. The molecular weight excluding hydrogens is 289 g/mol. The maximum atomic E-state index is 13.0. The molecule has 21 heavy (non-hydrogen) atoms. The first-order valence-electron chi connectivity index (χ1n) is 7.00. The van der Waals surface area contributed by atoms with Gasteiger partial charge in [0.2, 0.25) is 0 Å². The minimum atomic E-state index is -0.237. The molecule has 2 aromatic rings. The van der Waals surface area contributed by atoms with Crippen molar-refractivity contribution in [2.45, 2.75) is 19.3 Å². The van der Waals surface area contributed by atoms with Crippen LogP contribution in [0.15, 0.2) is 42.5 Å². The molecule has 0 aliphatic heterocycles. The molecule has 0 fully saturated rings. The van der Waals surface area contributed by atoms with Crippen LogP contribution in [0.2, 0.25) is 5.02 Å². The summed E-state index contributed by atoms with van der Waals surface area (Å²) in [4.78, 5) is 0. The minimum Gasteiger partial charge on any atom is -0.492 e. The van der Waals surface area contributed by atoms with Crippen LogP contribution in [0.25, 0.3) is 0 Å².